The number of carbonyl (C=O) groups excluding carboxylic acids is 1. The number of nitrogens with zero attached hydrogens (tertiary/aromatic N) is 1. The second-order valence-corrected chi connectivity index (χ2v) is 6.69. The van der Waals surface area contributed by atoms with Crippen LogP contribution in [0.3, 0.4) is 0 Å². The molecule has 1 N–H and O–H groups in total. The van der Waals surface area contributed by atoms with E-state index in [1.807, 2.05) is 6.92 Å². The fraction of sp³-hybridized carbons (Fsp3) is 0.857. The predicted octanol–water partition coefficient (Wildman–Crippen LogP) is 2.24. The minimum atomic E-state index is -0.790. The molecular weight excluding hydrogens is 230 g/mol. The summed E-state index contributed by atoms with van der Waals surface area (Å²) in [7, 11) is 0. The molecule has 104 valence electrons. The van der Waals surface area contributed by atoms with Gasteiger partial charge in [-0.05, 0) is 17.3 Å². The number of hydrogen-bond donors (Lipinski definition) is 1. The number of rotatable bonds is 3. The summed E-state index contributed by atoms with van der Waals surface area (Å²) in [6.45, 7) is 11.3. The highest BCUT2D eigenvalue weighted by atomic mass is 16.4. The van der Waals surface area contributed by atoms with Crippen molar-refractivity contribution >= 4 is 11.9 Å². The lowest BCUT2D eigenvalue weighted by Crippen LogP contribution is -2.33. The molecule has 0 bridgehead atoms. The van der Waals surface area contributed by atoms with Crippen LogP contribution in [0.15, 0.2) is 0 Å². The normalized spacial score (nSPS) is 26.2. The van der Waals surface area contributed by atoms with Gasteiger partial charge in [0.2, 0.25) is 5.91 Å². The number of amides is 1. The largest absolute Gasteiger partial charge is 0.481 e. The first-order valence-corrected chi connectivity index (χ1v) is 6.63. The van der Waals surface area contributed by atoms with Gasteiger partial charge in [0.1, 0.15) is 0 Å². The van der Waals surface area contributed by atoms with Gasteiger partial charge >= 0.3 is 5.97 Å². The smallest absolute Gasteiger partial charge is 0.308 e. The molecule has 0 aromatic carbocycles. The summed E-state index contributed by atoms with van der Waals surface area (Å²) >= 11 is 0. The fourth-order valence-corrected chi connectivity index (χ4v) is 2.19. The number of carboxylic acid groups (broad SMARTS) is 1. The van der Waals surface area contributed by atoms with Crippen molar-refractivity contribution in [2.24, 2.45) is 23.2 Å². The van der Waals surface area contributed by atoms with Gasteiger partial charge in [0.25, 0.3) is 0 Å². The Balaban J connectivity index is 2.57. The van der Waals surface area contributed by atoms with Crippen molar-refractivity contribution in [3.05, 3.63) is 0 Å². The first kappa shape index (κ1) is 15.0. The van der Waals surface area contributed by atoms with Gasteiger partial charge in [-0.3, -0.25) is 9.59 Å². The molecule has 1 amide bonds. The van der Waals surface area contributed by atoms with Crippen molar-refractivity contribution in [2.75, 3.05) is 13.1 Å². The molecule has 1 saturated heterocycles. The van der Waals surface area contributed by atoms with Crippen LogP contribution in [0.25, 0.3) is 0 Å². The van der Waals surface area contributed by atoms with Crippen molar-refractivity contribution in [3.8, 4) is 0 Å². The molecule has 1 fully saturated rings. The molecule has 0 spiro atoms. The van der Waals surface area contributed by atoms with Crippen molar-refractivity contribution < 1.29 is 14.7 Å². The van der Waals surface area contributed by atoms with Gasteiger partial charge in [0, 0.05) is 19.5 Å². The third-order valence-corrected chi connectivity index (χ3v) is 4.24. The zero-order valence-corrected chi connectivity index (χ0v) is 12.1. The van der Waals surface area contributed by atoms with Gasteiger partial charge in [-0.1, -0.05) is 34.6 Å². The van der Waals surface area contributed by atoms with E-state index < -0.39 is 11.9 Å². The highest BCUT2D eigenvalue weighted by Gasteiger charge is 2.37. The second kappa shape index (κ2) is 5.29. The molecule has 1 unspecified atom stereocenters. The van der Waals surface area contributed by atoms with Crippen LogP contribution in [0, 0.1) is 23.2 Å². The topological polar surface area (TPSA) is 57.6 Å². The van der Waals surface area contributed by atoms with Crippen LogP contribution in [0.5, 0.6) is 0 Å². The van der Waals surface area contributed by atoms with Crippen LogP contribution in [0.4, 0.5) is 0 Å². The maximum absolute atomic E-state index is 12.1. The summed E-state index contributed by atoms with van der Waals surface area (Å²) in [5.74, 6) is -0.755. The molecular formula is C14H25NO3. The van der Waals surface area contributed by atoms with Crippen LogP contribution < -0.4 is 0 Å². The SMILES string of the molecule is CC(CC(=O)N1C[C@@H](C)[C@H](C(=O)O)C1)C(C)(C)C. The highest BCUT2D eigenvalue weighted by Crippen LogP contribution is 2.30. The minimum Gasteiger partial charge on any atom is -0.481 e. The Morgan fingerprint density at radius 3 is 2.28 bits per heavy atom. The first-order valence-electron chi connectivity index (χ1n) is 6.63. The summed E-state index contributed by atoms with van der Waals surface area (Å²) in [5, 5.41) is 9.06. The number of aliphatic carboxylic acids is 1. The van der Waals surface area contributed by atoms with E-state index in [0.717, 1.165) is 0 Å². The molecule has 0 aromatic heterocycles. The number of carboxylic acids is 1. The summed E-state index contributed by atoms with van der Waals surface area (Å²) < 4.78 is 0. The van der Waals surface area contributed by atoms with E-state index in [1.165, 1.54) is 0 Å². The molecule has 3 atom stereocenters. The van der Waals surface area contributed by atoms with Crippen molar-refractivity contribution in [3.63, 3.8) is 0 Å². The van der Waals surface area contributed by atoms with Crippen molar-refractivity contribution in [2.45, 2.75) is 41.0 Å². The fourth-order valence-electron chi connectivity index (χ4n) is 2.19. The molecule has 1 heterocycles. The molecule has 1 aliphatic heterocycles. The van der Waals surface area contributed by atoms with Crippen LogP contribution in [-0.2, 0) is 9.59 Å². The Bertz CT molecular complexity index is 332. The lowest BCUT2D eigenvalue weighted by atomic mass is 9.80. The molecule has 0 aromatic rings. The summed E-state index contributed by atoms with van der Waals surface area (Å²) in [6, 6.07) is 0. The van der Waals surface area contributed by atoms with Crippen molar-refractivity contribution in [1.29, 1.82) is 0 Å². The number of hydrogen-bond acceptors (Lipinski definition) is 2. The van der Waals surface area contributed by atoms with E-state index in [-0.39, 0.29) is 17.2 Å². The van der Waals surface area contributed by atoms with Gasteiger partial charge in [0.05, 0.1) is 5.92 Å². The lowest BCUT2D eigenvalue weighted by Gasteiger charge is -2.28. The molecule has 4 heteroatoms. The van der Waals surface area contributed by atoms with Crippen LogP contribution in [-0.4, -0.2) is 35.0 Å². The molecule has 1 aliphatic rings. The average molecular weight is 255 g/mol. The van der Waals surface area contributed by atoms with Crippen LogP contribution in [0.2, 0.25) is 0 Å². The zero-order chi connectivity index (χ0) is 14.1. The average Bonchev–Trinajstić information content (AvgIpc) is 2.58. The monoisotopic (exact) mass is 255 g/mol. The maximum Gasteiger partial charge on any atom is 0.308 e. The molecule has 0 radical (unpaired) electrons. The standard InChI is InChI=1S/C14H25NO3/c1-9-7-15(8-11(9)13(17)18)12(16)6-10(2)14(3,4)5/h9-11H,6-8H2,1-5H3,(H,17,18)/t9-,10?,11-/m1/s1. The maximum atomic E-state index is 12.1. The van der Waals surface area contributed by atoms with E-state index >= 15 is 0 Å². The van der Waals surface area contributed by atoms with E-state index in [1.54, 1.807) is 4.90 Å². The van der Waals surface area contributed by atoms with Gasteiger partial charge in [-0.25, -0.2) is 0 Å². The Morgan fingerprint density at radius 2 is 1.89 bits per heavy atom. The number of likely N-dealkylation sites (tertiary alicyclic amines) is 1. The Kier molecular flexibility index (Phi) is 4.41. The summed E-state index contributed by atoms with van der Waals surface area (Å²) in [4.78, 5) is 24.9. The quantitative estimate of drug-likeness (QED) is 0.841. The predicted molar refractivity (Wildman–Crippen MR) is 70.1 cm³/mol. The minimum absolute atomic E-state index is 0.0522. The van der Waals surface area contributed by atoms with Crippen molar-refractivity contribution in [1.82, 2.24) is 4.90 Å². The highest BCUT2D eigenvalue weighted by molar-refractivity contribution is 5.79. The molecule has 4 nitrogen and oxygen atoms in total. The Morgan fingerprint density at radius 1 is 1.33 bits per heavy atom. The molecule has 0 aliphatic carbocycles. The second-order valence-electron chi connectivity index (χ2n) is 6.69. The molecule has 1 rings (SSSR count). The van der Waals surface area contributed by atoms with Crippen LogP contribution >= 0.6 is 0 Å². The van der Waals surface area contributed by atoms with E-state index in [9.17, 15) is 9.59 Å². The van der Waals surface area contributed by atoms with Gasteiger partial charge in [0.15, 0.2) is 0 Å². The first-order chi connectivity index (χ1) is 8.12. The lowest BCUT2D eigenvalue weighted by molar-refractivity contribution is -0.142. The number of carbonyl (C=O) groups is 2. The summed E-state index contributed by atoms with van der Waals surface area (Å²) in [5.41, 5.74) is 0.104. The van der Waals surface area contributed by atoms with Crippen LogP contribution in [0.1, 0.15) is 41.0 Å². The van der Waals surface area contributed by atoms with Gasteiger partial charge < -0.3 is 10.0 Å². The van der Waals surface area contributed by atoms with Gasteiger partial charge in [-0.2, -0.15) is 0 Å². The third-order valence-electron chi connectivity index (χ3n) is 4.24. The van der Waals surface area contributed by atoms with E-state index in [2.05, 4.69) is 27.7 Å². The third kappa shape index (κ3) is 3.47. The van der Waals surface area contributed by atoms with Gasteiger partial charge in [-0.15, -0.1) is 0 Å². The Labute approximate surface area is 109 Å². The Hall–Kier alpha value is -1.06. The summed E-state index contributed by atoms with van der Waals surface area (Å²) in [6.07, 6.45) is 0.503. The zero-order valence-electron chi connectivity index (χ0n) is 12.1. The molecule has 18 heavy (non-hydrogen) atoms. The van der Waals surface area contributed by atoms with E-state index in [4.69, 9.17) is 5.11 Å². The van der Waals surface area contributed by atoms with E-state index in [0.29, 0.717) is 25.4 Å². The molecule has 0 saturated carbocycles.